The standard InChI is InChI=1S/C46H52FN5O8/c1-5-60-41-23-31(12-14-40(41)59-4)26-50(3)46(58)43-33(28-53)21-30(22-38(43)48-29(2)54)11-9-7-6-8-10-18-51-19-16-32(17-20-51)35-24-34(47)25-36-37(35)27-52(45(36)57)39-13-15-42(55)49-44(39)56/h12,14,21-25,28,32,39H,5-8,10,13,15-20,26-27H2,1-4H3,(H,48,54)(H,49,55,56). The highest BCUT2D eigenvalue weighted by Gasteiger charge is 2.41. The van der Waals surface area contributed by atoms with Crippen molar-refractivity contribution in [3.63, 3.8) is 0 Å². The molecule has 1 unspecified atom stereocenters. The van der Waals surface area contributed by atoms with Crippen LogP contribution >= 0.6 is 0 Å². The molecular weight excluding hydrogens is 770 g/mol. The minimum Gasteiger partial charge on any atom is -0.493 e. The van der Waals surface area contributed by atoms with Gasteiger partial charge in [0.15, 0.2) is 17.8 Å². The predicted octanol–water partition coefficient (Wildman–Crippen LogP) is 5.83. The van der Waals surface area contributed by atoms with Crippen LogP contribution in [0.5, 0.6) is 11.5 Å². The lowest BCUT2D eigenvalue weighted by Gasteiger charge is -2.33. The normalized spacial score (nSPS) is 16.7. The molecule has 14 heteroatoms. The number of nitrogens with zero attached hydrogens (tertiary/aromatic N) is 3. The Hall–Kier alpha value is -6.07. The third-order valence-corrected chi connectivity index (χ3v) is 11.3. The number of unbranched alkanes of at least 4 members (excludes halogenated alkanes) is 3. The van der Waals surface area contributed by atoms with E-state index in [-0.39, 0.29) is 66.4 Å². The van der Waals surface area contributed by atoms with Crippen LogP contribution in [0.2, 0.25) is 0 Å². The van der Waals surface area contributed by atoms with Gasteiger partial charge in [0.05, 0.1) is 25.0 Å². The molecule has 60 heavy (non-hydrogen) atoms. The lowest BCUT2D eigenvalue weighted by atomic mass is 9.85. The van der Waals surface area contributed by atoms with Gasteiger partial charge in [-0.15, -0.1) is 0 Å². The summed E-state index contributed by atoms with van der Waals surface area (Å²) in [6.45, 7) is 6.72. The minimum absolute atomic E-state index is 0.0854. The van der Waals surface area contributed by atoms with Gasteiger partial charge < -0.3 is 29.5 Å². The van der Waals surface area contributed by atoms with E-state index in [0.29, 0.717) is 41.9 Å². The maximum Gasteiger partial charge on any atom is 0.256 e. The zero-order chi connectivity index (χ0) is 42.9. The molecule has 0 bridgehead atoms. The summed E-state index contributed by atoms with van der Waals surface area (Å²) in [5, 5.41) is 5.03. The number of halogens is 1. The van der Waals surface area contributed by atoms with Crippen molar-refractivity contribution in [3.05, 3.63) is 87.2 Å². The SMILES string of the molecule is CCOc1cc(CN(C)C(=O)c2c(C=O)cc(C#CCCCCCN3CCC(c4cc(F)cc5c4CN(C4CCC(=O)NC4=O)C5=O)CC3)cc2NC(C)=O)ccc1OC. The quantitative estimate of drug-likeness (QED) is 0.0835. The van der Waals surface area contributed by atoms with Crippen LogP contribution < -0.4 is 20.1 Å². The monoisotopic (exact) mass is 821 g/mol. The lowest BCUT2D eigenvalue weighted by molar-refractivity contribution is -0.137. The number of rotatable bonds is 15. The molecule has 0 saturated carbocycles. The second-order valence-corrected chi connectivity index (χ2v) is 15.5. The van der Waals surface area contributed by atoms with E-state index in [4.69, 9.17) is 9.47 Å². The fourth-order valence-corrected chi connectivity index (χ4v) is 8.36. The average molecular weight is 822 g/mol. The van der Waals surface area contributed by atoms with Gasteiger partial charge in [0.25, 0.3) is 11.8 Å². The zero-order valence-electron chi connectivity index (χ0n) is 34.7. The van der Waals surface area contributed by atoms with E-state index < -0.39 is 23.7 Å². The third kappa shape index (κ3) is 10.2. The van der Waals surface area contributed by atoms with Crippen molar-refractivity contribution < 1.29 is 42.6 Å². The maximum absolute atomic E-state index is 14.8. The molecule has 3 aromatic rings. The molecule has 2 N–H and O–H groups in total. The van der Waals surface area contributed by atoms with Gasteiger partial charge >= 0.3 is 0 Å². The van der Waals surface area contributed by atoms with E-state index in [0.717, 1.165) is 68.4 Å². The first kappa shape index (κ1) is 43.5. The van der Waals surface area contributed by atoms with Gasteiger partial charge in [0.1, 0.15) is 11.9 Å². The first-order valence-corrected chi connectivity index (χ1v) is 20.5. The van der Waals surface area contributed by atoms with Crippen molar-refractivity contribution in [2.24, 2.45) is 0 Å². The van der Waals surface area contributed by atoms with Crippen LogP contribution in [0, 0.1) is 17.7 Å². The van der Waals surface area contributed by atoms with Crippen LogP contribution in [-0.4, -0.2) is 97.0 Å². The predicted molar refractivity (Wildman–Crippen MR) is 222 cm³/mol. The zero-order valence-corrected chi connectivity index (χ0v) is 34.7. The van der Waals surface area contributed by atoms with Crippen LogP contribution in [0.15, 0.2) is 42.5 Å². The van der Waals surface area contributed by atoms with Crippen molar-refractivity contribution >= 4 is 41.5 Å². The van der Waals surface area contributed by atoms with Crippen molar-refractivity contribution in [1.82, 2.24) is 20.0 Å². The summed E-state index contributed by atoms with van der Waals surface area (Å²) in [6.07, 6.45) is 6.12. The number of anilines is 1. The molecular formula is C46H52FN5O8. The third-order valence-electron chi connectivity index (χ3n) is 11.3. The number of aldehydes is 1. The number of fused-ring (bicyclic) bond motifs is 1. The van der Waals surface area contributed by atoms with Crippen LogP contribution in [-0.2, 0) is 27.5 Å². The molecule has 0 aromatic heterocycles. The Bertz CT molecular complexity index is 2220. The Morgan fingerprint density at radius 1 is 1.03 bits per heavy atom. The fourth-order valence-electron chi connectivity index (χ4n) is 8.36. The Kier molecular flexibility index (Phi) is 14.3. The number of likely N-dealkylation sites (tertiary alicyclic amines) is 1. The van der Waals surface area contributed by atoms with Crippen LogP contribution in [0.3, 0.4) is 0 Å². The first-order valence-electron chi connectivity index (χ1n) is 20.5. The van der Waals surface area contributed by atoms with Gasteiger partial charge in [-0.25, -0.2) is 4.39 Å². The van der Waals surface area contributed by atoms with Crippen molar-refractivity contribution in [1.29, 1.82) is 0 Å². The molecule has 1 atom stereocenters. The molecule has 0 radical (unpaired) electrons. The van der Waals surface area contributed by atoms with E-state index in [2.05, 4.69) is 27.4 Å². The van der Waals surface area contributed by atoms with Crippen molar-refractivity contribution in [2.75, 3.05) is 45.7 Å². The molecule has 13 nitrogen and oxygen atoms in total. The van der Waals surface area contributed by atoms with E-state index in [1.807, 2.05) is 13.0 Å². The summed E-state index contributed by atoms with van der Waals surface area (Å²) in [6, 6.07) is 10.7. The molecule has 3 aliphatic rings. The number of methoxy groups -OCH3 is 1. The molecule has 2 fully saturated rings. The molecule has 5 amide bonds. The number of carbonyl (C=O) groups is 6. The van der Waals surface area contributed by atoms with Crippen LogP contribution in [0.4, 0.5) is 10.1 Å². The van der Waals surface area contributed by atoms with Crippen LogP contribution in [0.1, 0.15) is 124 Å². The topological polar surface area (TPSA) is 155 Å². The van der Waals surface area contributed by atoms with Gasteiger partial charge in [-0.2, -0.15) is 0 Å². The number of carbonyl (C=O) groups excluding carboxylic acids is 6. The summed E-state index contributed by atoms with van der Waals surface area (Å²) in [5.41, 5.74) is 3.67. The molecule has 3 aliphatic heterocycles. The average Bonchev–Trinajstić information content (AvgIpc) is 3.54. The summed E-state index contributed by atoms with van der Waals surface area (Å²) >= 11 is 0. The Morgan fingerprint density at radius 3 is 2.52 bits per heavy atom. The number of imide groups is 1. The van der Waals surface area contributed by atoms with E-state index >= 15 is 0 Å². The highest BCUT2D eigenvalue weighted by atomic mass is 19.1. The van der Waals surface area contributed by atoms with Crippen molar-refractivity contribution in [3.8, 4) is 23.3 Å². The van der Waals surface area contributed by atoms with E-state index in [1.54, 1.807) is 44.5 Å². The number of hydrogen-bond acceptors (Lipinski definition) is 9. The Morgan fingerprint density at radius 2 is 1.82 bits per heavy atom. The fraction of sp³-hybridized carbons (Fsp3) is 0.435. The summed E-state index contributed by atoms with van der Waals surface area (Å²) in [7, 11) is 3.18. The second-order valence-electron chi connectivity index (χ2n) is 15.5. The van der Waals surface area contributed by atoms with Crippen molar-refractivity contribution in [2.45, 2.75) is 90.3 Å². The lowest BCUT2D eigenvalue weighted by Crippen LogP contribution is -2.52. The highest BCUT2D eigenvalue weighted by Crippen LogP contribution is 2.38. The second kappa shape index (κ2) is 19.8. The Labute approximate surface area is 349 Å². The molecule has 2 saturated heterocycles. The molecule has 3 heterocycles. The smallest absolute Gasteiger partial charge is 0.256 e. The minimum atomic E-state index is -0.742. The number of amides is 5. The molecule has 316 valence electrons. The molecule has 3 aromatic carbocycles. The van der Waals surface area contributed by atoms with Gasteiger partial charge in [-0.05, 0) is 118 Å². The summed E-state index contributed by atoms with van der Waals surface area (Å²) in [5.74, 6) is 5.03. The number of benzene rings is 3. The molecule has 6 rings (SSSR count). The number of ether oxygens (including phenoxy) is 2. The number of hydrogen-bond donors (Lipinski definition) is 2. The van der Waals surface area contributed by atoms with Gasteiger partial charge in [-0.1, -0.05) is 24.3 Å². The Balaban J connectivity index is 0.994. The highest BCUT2D eigenvalue weighted by molar-refractivity contribution is 6.09. The van der Waals surface area contributed by atoms with Gasteiger partial charge in [-0.3, -0.25) is 34.1 Å². The number of piperidine rings is 2. The first-order chi connectivity index (χ1) is 28.9. The van der Waals surface area contributed by atoms with Crippen LogP contribution in [0.25, 0.3) is 0 Å². The molecule has 0 spiro atoms. The number of nitrogens with one attached hydrogen (secondary N) is 2. The van der Waals surface area contributed by atoms with E-state index in [9.17, 15) is 33.2 Å². The largest absolute Gasteiger partial charge is 0.493 e. The maximum atomic E-state index is 14.8. The van der Waals surface area contributed by atoms with Gasteiger partial charge in [0.2, 0.25) is 17.7 Å². The summed E-state index contributed by atoms with van der Waals surface area (Å²) in [4.78, 5) is 81.1. The summed E-state index contributed by atoms with van der Waals surface area (Å²) < 4.78 is 25.9. The molecule has 0 aliphatic carbocycles. The van der Waals surface area contributed by atoms with E-state index in [1.165, 1.54) is 22.8 Å². The van der Waals surface area contributed by atoms with Gasteiger partial charge in [0, 0.05) is 56.6 Å².